The molecule has 0 unspecified atom stereocenters. The molecule has 2 saturated heterocycles. The molecule has 4 N–H and O–H groups in total. The third-order valence-corrected chi connectivity index (χ3v) is 5.07. The lowest BCUT2D eigenvalue weighted by molar-refractivity contribution is -0.139. The molecule has 2 fully saturated rings. The molecule has 2 aliphatic rings. The lowest BCUT2D eigenvalue weighted by Crippen LogP contribution is -2.04. The van der Waals surface area contributed by atoms with Gasteiger partial charge in [0.15, 0.2) is 0 Å². The van der Waals surface area contributed by atoms with Gasteiger partial charge in [0.25, 0.3) is 0 Å². The smallest absolute Gasteiger partial charge is 0.303 e. The lowest BCUT2D eigenvalue weighted by atomic mass is 9.89. The zero-order valence-electron chi connectivity index (χ0n) is 26.0. The molecule has 40 heavy (non-hydrogen) atoms. The number of epoxide rings is 2. The van der Waals surface area contributed by atoms with E-state index in [0.717, 1.165) is 65.0 Å². The molecule has 0 radical (unpaired) electrons. The van der Waals surface area contributed by atoms with Crippen molar-refractivity contribution in [3.63, 3.8) is 0 Å². The molecule has 0 aromatic carbocycles. The summed E-state index contributed by atoms with van der Waals surface area (Å²) in [6, 6.07) is 0. The minimum Gasteiger partial charge on any atom is -0.481 e. The zero-order chi connectivity index (χ0) is 31.5. The highest BCUT2D eigenvalue weighted by atomic mass is 16.6. The molecule has 10 nitrogen and oxygen atoms in total. The fourth-order valence-electron chi connectivity index (χ4n) is 2.77. The lowest BCUT2D eigenvalue weighted by Gasteiger charge is -2.17. The molecule has 0 aromatic rings. The van der Waals surface area contributed by atoms with Crippen molar-refractivity contribution >= 4 is 23.9 Å². The molecule has 0 bridgehead atoms. The Morgan fingerprint density at radius 2 is 0.650 bits per heavy atom. The molecule has 2 heterocycles. The van der Waals surface area contributed by atoms with E-state index in [2.05, 4.69) is 51.0 Å². The van der Waals surface area contributed by atoms with E-state index in [1.165, 1.54) is 12.8 Å². The number of rotatable bonds is 15. The standard InChI is InChI=1S/2C10H20O2.C6H10O4.2C2H4O/c2*1-10(2,3)8-6-4-5-7-9(11)12;7-5(8)3-1-2-4-6(9)10;2*1-2-3-1/h2*4-8H2,1-3H3,(H,11,12);1-4H2,(H,7,8)(H,9,10);2*1-2H2. The first-order valence-corrected chi connectivity index (χ1v) is 14.5. The first-order valence-electron chi connectivity index (χ1n) is 14.5. The predicted octanol–water partition coefficient (Wildman–Crippen LogP) is 6.88. The Morgan fingerprint density at radius 3 is 0.800 bits per heavy atom. The van der Waals surface area contributed by atoms with Crippen LogP contribution in [0.15, 0.2) is 0 Å². The molecular formula is C30H58O10. The molecule has 2 rings (SSSR count). The van der Waals surface area contributed by atoms with Gasteiger partial charge < -0.3 is 29.9 Å². The van der Waals surface area contributed by atoms with Gasteiger partial charge in [-0.3, -0.25) is 19.2 Å². The third-order valence-electron chi connectivity index (χ3n) is 5.07. The van der Waals surface area contributed by atoms with Crippen molar-refractivity contribution in [1.29, 1.82) is 0 Å². The van der Waals surface area contributed by atoms with Crippen LogP contribution in [0.3, 0.4) is 0 Å². The molecule has 238 valence electrons. The van der Waals surface area contributed by atoms with Crippen molar-refractivity contribution in [3.8, 4) is 0 Å². The van der Waals surface area contributed by atoms with Crippen molar-refractivity contribution in [1.82, 2.24) is 0 Å². The maximum Gasteiger partial charge on any atom is 0.303 e. The average molecular weight is 579 g/mol. The van der Waals surface area contributed by atoms with Gasteiger partial charge in [-0.05, 0) is 49.4 Å². The Kier molecular flexibility index (Phi) is 28.5. The maximum atomic E-state index is 10.2. The molecule has 0 amide bonds. The fraction of sp³-hybridized carbons (Fsp3) is 0.867. The van der Waals surface area contributed by atoms with E-state index >= 15 is 0 Å². The normalized spacial score (nSPS) is 12.8. The van der Waals surface area contributed by atoms with Crippen LogP contribution in [0.5, 0.6) is 0 Å². The fourth-order valence-corrected chi connectivity index (χ4v) is 2.77. The molecular weight excluding hydrogens is 520 g/mol. The Bertz CT molecular complexity index is 582. The van der Waals surface area contributed by atoms with Crippen LogP contribution in [0, 0.1) is 10.8 Å². The van der Waals surface area contributed by atoms with Crippen LogP contribution >= 0.6 is 0 Å². The van der Waals surface area contributed by atoms with Gasteiger partial charge in [-0.15, -0.1) is 0 Å². The van der Waals surface area contributed by atoms with Crippen LogP contribution in [0.1, 0.15) is 131 Å². The Balaban J connectivity index is -0.000000462. The quantitative estimate of drug-likeness (QED) is 0.118. The second-order valence-electron chi connectivity index (χ2n) is 12.2. The number of hydrogen-bond donors (Lipinski definition) is 4. The van der Waals surface area contributed by atoms with Gasteiger partial charge in [-0.1, -0.05) is 67.2 Å². The maximum absolute atomic E-state index is 10.2. The van der Waals surface area contributed by atoms with Crippen molar-refractivity contribution in [3.05, 3.63) is 0 Å². The number of hydrogen-bond acceptors (Lipinski definition) is 6. The highest BCUT2D eigenvalue weighted by Gasteiger charge is 2.09. The van der Waals surface area contributed by atoms with Crippen LogP contribution in [0.4, 0.5) is 0 Å². The summed E-state index contributed by atoms with van der Waals surface area (Å²) in [5.41, 5.74) is 0.784. The molecule has 10 heteroatoms. The van der Waals surface area contributed by atoms with Gasteiger partial charge in [0.2, 0.25) is 0 Å². The third kappa shape index (κ3) is 70.5. The minimum absolute atomic E-state index is 0.0628. The first kappa shape index (κ1) is 42.3. The Hall–Kier alpha value is -2.20. The summed E-state index contributed by atoms with van der Waals surface area (Å²) in [4.78, 5) is 40.1. The van der Waals surface area contributed by atoms with E-state index in [-0.39, 0.29) is 12.8 Å². The van der Waals surface area contributed by atoms with Crippen LogP contribution < -0.4 is 0 Å². The van der Waals surface area contributed by atoms with Gasteiger partial charge in [0.1, 0.15) is 0 Å². The van der Waals surface area contributed by atoms with Gasteiger partial charge in [-0.25, -0.2) is 0 Å². The van der Waals surface area contributed by atoms with E-state index in [4.69, 9.17) is 20.4 Å². The topological polar surface area (TPSA) is 174 Å². The van der Waals surface area contributed by atoms with Gasteiger partial charge in [0, 0.05) is 25.7 Å². The molecule has 0 aromatic heterocycles. The van der Waals surface area contributed by atoms with Gasteiger partial charge >= 0.3 is 23.9 Å². The van der Waals surface area contributed by atoms with Crippen LogP contribution in [-0.4, -0.2) is 70.7 Å². The van der Waals surface area contributed by atoms with Crippen LogP contribution in [0.2, 0.25) is 0 Å². The number of carbonyl (C=O) groups is 4. The number of aliphatic carboxylic acids is 4. The zero-order valence-corrected chi connectivity index (χ0v) is 26.0. The number of unbranched alkanes of at least 4 members (excludes halogenated alkanes) is 5. The monoisotopic (exact) mass is 578 g/mol. The highest BCUT2D eigenvalue weighted by Crippen LogP contribution is 2.23. The summed E-state index contributed by atoms with van der Waals surface area (Å²) >= 11 is 0. The van der Waals surface area contributed by atoms with Crippen molar-refractivity contribution in [2.45, 2.75) is 131 Å². The van der Waals surface area contributed by atoms with Crippen LogP contribution in [0.25, 0.3) is 0 Å². The van der Waals surface area contributed by atoms with E-state index in [1.54, 1.807) is 0 Å². The number of carboxylic acids is 4. The number of carboxylic acid groups (broad SMARTS) is 4. The minimum atomic E-state index is -0.870. The van der Waals surface area contributed by atoms with Crippen LogP contribution in [-0.2, 0) is 28.7 Å². The summed E-state index contributed by atoms with van der Waals surface area (Å²) in [6.07, 6.45) is 10.1. The molecule has 0 saturated carbocycles. The highest BCUT2D eigenvalue weighted by molar-refractivity contribution is 5.68. The molecule has 0 aliphatic carbocycles. The SMILES string of the molecule is C1CO1.C1CO1.CC(C)(C)CCCCCC(=O)O.CC(C)(C)CCCCCC(=O)O.O=C(O)CCCCC(=O)O. The van der Waals surface area contributed by atoms with E-state index in [1.807, 2.05) is 0 Å². The average Bonchev–Trinajstić information content (AvgIpc) is 3.67. The molecule has 0 spiro atoms. The summed E-state index contributed by atoms with van der Waals surface area (Å²) in [5, 5.41) is 33.0. The summed E-state index contributed by atoms with van der Waals surface area (Å²) in [7, 11) is 0. The Labute approximate surface area is 241 Å². The van der Waals surface area contributed by atoms with Crippen molar-refractivity contribution in [2.75, 3.05) is 26.4 Å². The second-order valence-corrected chi connectivity index (χ2v) is 12.2. The Morgan fingerprint density at radius 1 is 0.450 bits per heavy atom. The van der Waals surface area contributed by atoms with E-state index in [0.29, 0.717) is 36.5 Å². The summed E-state index contributed by atoms with van der Waals surface area (Å²) in [5.74, 6) is -3.09. The molecule has 2 aliphatic heterocycles. The van der Waals surface area contributed by atoms with Gasteiger partial charge in [-0.2, -0.15) is 0 Å². The van der Waals surface area contributed by atoms with E-state index < -0.39 is 23.9 Å². The summed E-state index contributed by atoms with van der Waals surface area (Å²) < 4.78 is 9.00. The summed E-state index contributed by atoms with van der Waals surface area (Å²) in [6.45, 7) is 17.3. The predicted molar refractivity (Wildman–Crippen MR) is 156 cm³/mol. The largest absolute Gasteiger partial charge is 0.481 e. The number of ether oxygens (including phenoxy) is 2. The molecule has 0 atom stereocenters. The first-order chi connectivity index (χ1) is 18.5. The van der Waals surface area contributed by atoms with Crippen molar-refractivity contribution in [2.24, 2.45) is 10.8 Å². The van der Waals surface area contributed by atoms with E-state index in [9.17, 15) is 19.2 Å². The van der Waals surface area contributed by atoms with Crippen molar-refractivity contribution < 1.29 is 49.1 Å². The second kappa shape index (κ2) is 27.0. The van der Waals surface area contributed by atoms with Gasteiger partial charge in [0.05, 0.1) is 26.4 Å².